The average molecular weight is 456 g/mol. The van der Waals surface area contributed by atoms with Gasteiger partial charge >= 0.3 is 0 Å². The first kappa shape index (κ1) is 23.6. The largest absolute Gasteiger partial charge is 0.493 e. The minimum absolute atomic E-state index is 0.0502. The molecule has 3 saturated heterocycles. The number of likely N-dealkylation sites (tertiary alicyclic amines) is 3. The normalized spacial score (nSPS) is 22.2. The topological polar surface area (TPSA) is 70.2 Å². The number of rotatable bonds is 6. The summed E-state index contributed by atoms with van der Waals surface area (Å²) in [6, 6.07) is 9.50. The number of nitrogens with zero attached hydrogens (tertiary/aromatic N) is 3. The van der Waals surface area contributed by atoms with Crippen LogP contribution in [0.4, 0.5) is 0 Å². The minimum atomic E-state index is -0.132. The molecule has 7 heteroatoms. The van der Waals surface area contributed by atoms with Gasteiger partial charge in [-0.1, -0.05) is 18.2 Å². The van der Waals surface area contributed by atoms with Crippen molar-refractivity contribution in [3.8, 4) is 5.75 Å². The molecular weight excluding hydrogens is 418 g/mol. The number of piperidine rings is 3. The summed E-state index contributed by atoms with van der Waals surface area (Å²) in [6.45, 7) is 4.63. The molecule has 0 bridgehead atoms. The lowest BCUT2D eigenvalue weighted by Gasteiger charge is -2.39. The van der Waals surface area contributed by atoms with Crippen LogP contribution < -0.4 is 4.74 Å². The summed E-state index contributed by atoms with van der Waals surface area (Å²) in [5.41, 5.74) is 0. The van der Waals surface area contributed by atoms with E-state index >= 15 is 0 Å². The second-order valence-electron chi connectivity index (χ2n) is 9.58. The van der Waals surface area contributed by atoms with Crippen molar-refractivity contribution in [1.82, 2.24) is 14.7 Å². The van der Waals surface area contributed by atoms with Crippen molar-refractivity contribution in [2.24, 2.45) is 11.8 Å². The molecule has 1 aromatic rings. The fraction of sp³-hybridized carbons (Fsp3) is 0.654. The third kappa shape index (κ3) is 6.27. The molecule has 1 aromatic carbocycles. The molecule has 3 heterocycles. The van der Waals surface area contributed by atoms with Crippen LogP contribution >= 0.6 is 0 Å². The van der Waals surface area contributed by atoms with Crippen LogP contribution in [0.25, 0.3) is 0 Å². The highest BCUT2D eigenvalue weighted by molar-refractivity contribution is 5.82. The fourth-order valence-electron chi connectivity index (χ4n) is 5.31. The van der Waals surface area contributed by atoms with Crippen molar-refractivity contribution >= 4 is 17.7 Å². The Bertz CT molecular complexity index is 801. The molecule has 4 rings (SSSR count). The van der Waals surface area contributed by atoms with Crippen molar-refractivity contribution in [3.63, 3.8) is 0 Å². The highest BCUT2D eigenvalue weighted by atomic mass is 16.5. The number of para-hydroxylation sites is 1. The van der Waals surface area contributed by atoms with Crippen molar-refractivity contribution in [1.29, 1.82) is 0 Å². The van der Waals surface area contributed by atoms with Gasteiger partial charge in [-0.3, -0.25) is 14.4 Å². The van der Waals surface area contributed by atoms with E-state index in [0.717, 1.165) is 57.4 Å². The molecule has 33 heavy (non-hydrogen) atoms. The highest BCUT2D eigenvalue weighted by Gasteiger charge is 2.35. The maximum atomic E-state index is 13.2. The molecule has 0 aliphatic carbocycles. The zero-order valence-corrected chi connectivity index (χ0v) is 19.6. The third-order valence-corrected chi connectivity index (χ3v) is 7.27. The van der Waals surface area contributed by atoms with Gasteiger partial charge in [-0.05, 0) is 57.1 Å². The quantitative estimate of drug-likeness (QED) is 0.661. The smallest absolute Gasteiger partial charge is 0.227 e. The molecule has 1 unspecified atom stereocenters. The van der Waals surface area contributed by atoms with E-state index in [1.807, 2.05) is 45.0 Å². The summed E-state index contributed by atoms with van der Waals surface area (Å²) >= 11 is 0. The molecule has 0 aromatic heterocycles. The van der Waals surface area contributed by atoms with E-state index in [2.05, 4.69) is 0 Å². The maximum absolute atomic E-state index is 13.2. The van der Waals surface area contributed by atoms with Crippen LogP contribution in [0.3, 0.4) is 0 Å². The second kappa shape index (κ2) is 11.5. The monoisotopic (exact) mass is 455 g/mol. The molecule has 3 amide bonds. The van der Waals surface area contributed by atoms with Crippen LogP contribution in [0.2, 0.25) is 0 Å². The summed E-state index contributed by atoms with van der Waals surface area (Å²) in [5, 5.41) is 0. The van der Waals surface area contributed by atoms with Gasteiger partial charge in [0.25, 0.3) is 0 Å². The SMILES string of the molecule is O=C(CCOc1ccccc1)N1CCCC(C(=O)N2CCC(C(=O)N3CCCCC3)CC2)C1. The van der Waals surface area contributed by atoms with E-state index < -0.39 is 0 Å². The van der Waals surface area contributed by atoms with Crippen LogP contribution in [0.5, 0.6) is 5.75 Å². The van der Waals surface area contributed by atoms with E-state index in [1.54, 1.807) is 0 Å². The molecule has 0 radical (unpaired) electrons. The molecule has 0 saturated carbocycles. The van der Waals surface area contributed by atoms with E-state index in [9.17, 15) is 14.4 Å². The van der Waals surface area contributed by atoms with Crippen LogP contribution in [-0.2, 0) is 14.4 Å². The third-order valence-electron chi connectivity index (χ3n) is 7.27. The standard InChI is InChI=1S/C26H37N3O4/c30-24(13-19-33-23-9-3-1-4-10-23)29-16-7-8-22(20-29)26(32)28-17-11-21(12-18-28)25(31)27-14-5-2-6-15-27/h1,3-4,9-10,21-22H,2,5-8,11-20H2. The Morgan fingerprint density at radius 2 is 1.36 bits per heavy atom. The minimum Gasteiger partial charge on any atom is -0.493 e. The Morgan fingerprint density at radius 1 is 0.727 bits per heavy atom. The average Bonchev–Trinajstić information content (AvgIpc) is 2.89. The van der Waals surface area contributed by atoms with Crippen molar-refractivity contribution in [2.45, 2.75) is 51.4 Å². The van der Waals surface area contributed by atoms with E-state index in [1.165, 1.54) is 6.42 Å². The Balaban J connectivity index is 1.20. The first-order valence-corrected chi connectivity index (χ1v) is 12.6. The van der Waals surface area contributed by atoms with Crippen LogP contribution in [0.15, 0.2) is 30.3 Å². The molecule has 0 spiro atoms. The van der Waals surface area contributed by atoms with Gasteiger partial charge < -0.3 is 19.4 Å². The number of amides is 3. The number of carbonyl (C=O) groups is 3. The zero-order chi connectivity index (χ0) is 23.0. The first-order chi connectivity index (χ1) is 16.1. The number of ether oxygens (including phenoxy) is 1. The van der Waals surface area contributed by atoms with E-state index in [0.29, 0.717) is 39.2 Å². The van der Waals surface area contributed by atoms with Gasteiger partial charge in [0, 0.05) is 45.2 Å². The van der Waals surface area contributed by atoms with Crippen LogP contribution in [0.1, 0.15) is 51.4 Å². The number of hydrogen-bond acceptors (Lipinski definition) is 4. The second-order valence-corrected chi connectivity index (χ2v) is 9.58. The van der Waals surface area contributed by atoms with Gasteiger partial charge in [0.2, 0.25) is 17.7 Å². The summed E-state index contributed by atoms with van der Waals surface area (Å²) in [6.07, 6.45) is 6.95. The zero-order valence-electron chi connectivity index (χ0n) is 19.6. The summed E-state index contributed by atoms with van der Waals surface area (Å²) < 4.78 is 5.66. The Labute approximate surface area is 197 Å². The number of benzene rings is 1. The Morgan fingerprint density at radius 3 is 2.09 bits per heavy atom. The van der Waals surface area contributed by atoms with Crippen molar-refractivity contribution in [2.75, 3.05) is 45.9 Å². The van der Waals surface area contributed by atoms with E-state index in [4.69, 9.17) is 4.74 Å². The molecule has 0 N–H and O–H groups in total. The summed E-state index contributed by atoms with van der Waals surface area (Å²) in [4.78, 5) is 44.4. The van der Waals surface area contributed by atoms with Gasteiger partial charge in [-0.2, -0.15) is 0 Å². The van der Waals surface area contributed by atoms with Crippen molar-refractivity contribution in [3.05, 3.63) is 30.3 Å². The number of hydrogen-bond donors (Lipinski definition) is 0. The lowest BCUT2D eigenvalue weighted by Crippen LogP contribution is -2.50. The maximum Gasteiger partial charge on any atom is 0.227 e. The predicted octanol–water partition coefficient (Wildman–Crippen LogP) is 2.95. The summed E-state index contributed by atoms with van der Waals surface area (Å²) in [5.74, 6) is 1.17. The lowest BCUT2D eigenvalue weighted by molar-refractivity contribution is -0.145. The number of carbonyl (C=O) groups excluding carboxylic acids is 3. The van der Waals surface area contributed by atoms with Gasteiger partial charge in [-0.25, -0.2) is 0 Å². The molecule has 1 atom stereocenters. The fourth-order valence-corrected chi connectivity index (χ4v) is 5.31. The first-order valence-electron chi connectivity index (χ1n) is 12.6. The molecule has 7 nitrogen and oxygen atoms in total. The molecule has 3 aliphatic rings. The van der Waals surface area contributed by atoms with E-state index in [-0.39, 0.29) is 29.6 Å². The van der Waals surface area contributed by atoms with Crippen LogP contribution in [-0.4, -0.2) is 78.3 Å². The molecule has 180 valence electrons. The van der Waals surface area contributed by atoms with Gasteiger partial charge in [0.1, 0.15) is 5.75 Å². The Kier molecular flexibility index (Phi) is 8.24. The molecular formula is C26H37N3O4. The lowest BCUT2D eigenvalue weighted by atomic mass is 9.91. The molecule has 3 aliphatic heterocycles. The van der Waals surface area contributed by atoms with Gasteiger partial charge in [0.05, 0.1) is 18.9 Å². The summed E-state index contributed by atoms with van der Waals surface area (Å²) in [7, 11) is 0. The Hall–Kier alpha value is -2.57. The molecule has 3 fully saturated rings. The van der Waals surface area contributed by atoms with Gasteiger partial charge in [-0.15, -0.1) is 0 Å². The van der Waals surface area contributed by atoms with Crippen LogP contribution in [0, 0.1) is 11.8 Å². The van der Waals surface area contributed by atoms with Gasteiger partial charge in [0.15, 0.2) is 0 Å². The van der Waals surface area contributed by atoms with Crippen molar-refractivity contribution < 1.29 is 19.1 Å². The predicted molar refractivity (Wildman–Crippen MR) is 126 cm³/mol. The highest BCUT2D eigenvalue weighted by Crippen LogP contribution is 2.25.